The van der Waals surface area contributed by atoms with Crippen molar-refractivity contribution < 1.29 is 19.1 Å². The molecule has 1 aromatic carbocycles. The van der Waals surface area contributed by atoms with Crippen LogP contribution < -0.4 is 5.32 Å². The van der Waals surface area contributed by atoms with Crippen molar-refractivity contribution in [3.63, 3.8) is 0 Å². The van der Waals surface area contributed by atoms with Gasteiger partial charge in [-0.2, -0.15) is 0 Å². The average molecular weight is 369 g/mol. The maximum absolute atomic E-state index is 12.1. The Morgan fingerprint density at radius 2 is 1.92 bits per heavy atom. The van der Waals surface area contributed by atoms with Crippen molar-refractivity contribution in [3.8, 4) is 0 Å². The molecular formula is C16H14Cl2N2O4. The maximum Gasteiger partial charge on any atom is 0.355 e. The average Bonchev–Trinajstić information content (AvgIpc) is 3.00. The topological polar surface area (TPSA) is 88.3 Å². The van der Waals surface area contributed by atoms with Crippen molar-refractivity contribution in [1.82, 2.24) is 4.98 Å². The molecule has 1 aromatic heterocycles. The Balaban J connectivity index is 2.00. The van der Waals surface area contributed by atoms with Crippen LogP contribution in [0.1, 0.15) is 34.7 Å². The quantitative estimate of drug-likeness (QED) is 0.621. The number of esters is 1. The Morgan fingerprint density at radius 3 is 2.50 bits per heavy atom. The van der Waals surface area contributed by atoms with E-state index in [0.29, 0.717) is 16.3 Å². The minimum Gasteiger partial charge on any atom is -0.448 e. The van der Waals surface area contributed by atoms with Gasteiger partial charge in [0, 0.05) is 16.8 Å². The summed E-state index contributed by atoms with van der Waals surface area (Å²) in [4.78, 5) is 37.9. The van der Waals surface area contributed by atoms with Gasteiger partial charge in [0.15, 0.2) is 11.9 Å². The zero-order valence-electron chi connectivity index (χ0n) is 12.9. The van der Waals surface area contributed by atoms with Crippen molar-refractivity contribution in [2.24, 2.45) is 0 Å². The van der Waals surface area contributed by atoms with E-state index in [0.717, 1.165) is 0 Å². The lowest BCUT2D eigenvalue weighted by molar-refractivity contribution is -0.123. The number of amides is 1. The normalized spacial score (nSPS) is 11.7. The summed E-state index contributed by atoms with van der Waals surface area (Å²) >= 11 is 11.8. The molecule has 0 spiro atoms. The molecule has 2 N–H and O–H groups in total. The van der Waals surface area contributed by atoms with E-state index < -0.39 is 18.0 Å². The fourth-order valence-electron chi connectivity index (χ4n) is 1.82. The molecule has 2 aromatic rings. The third-order valence-corrected chi connectivity index (χ3v) is 3.70. The summed E-state index contributed by atoms with van der Waals surface area (Å²) in [5, 5.41) is 3.25. The van der Waals surface area contributed by atoms with E-state index in [1.807, 2.05) is 0 Å². The molecule has 1 amide bonds. The van der Waals surface area contributed by atoms with Crippen molar-refractivity contribution in [2.45, 2.75) is 20.0 Å². The van der Waals surface area contributed by atoms with Crippen molar-refractivity contribution in [1.29, 1.82) is 0 Å². The number of carbonyl (C=O) groups excluding carboxylic acids is 3. The molecule has 126 valence electrons. The van der Waals surface area contributed by atoms with Crippen molar-refractivity contribution in [2.75, 3.05) is 5.32 Å². The number of benzene rings is 1. The van der Waals surface area contributed by atoms with E-state index >= 15 is 0 Å². The van der Waals surface area contributed by atoms with Gasteiger partial charge in [0.1, 0.15) is 5.69 Å². The van der Waals surface area contributed by atoms with Crippen molar-refractivity contribution in [3.05, 3.63) is 51.8 Å². The van der Waals surface area contributed by atoms with Crippen LogP contribution in [0.5, 0.6) is 0 Å². The minimum atomic E-state index is -1.06. The van der Waals surface area contributed by atoms with Gasteiger partial charge in [-0.15, -0.1) is 0 Å². The minimum absolute atomic E-state index is 0.0874. The SMILES string of the molecule is CC(=O)c1c[nH]c(C(=O)O[C@H](C)C(=O)Nc2ccc(Cl)cc2Cl)c1. The molecule has 2 rings (SSSR count). The lowest BCUT2D eigenvalue weighted by Gasteiger charge is -2.14. The number of hydrogen-bond acceptors (Lipinski definition) is 4. The van der Waals surface area contributed by atoms with Gasteiger partial charge < -0.3 is 15.0 Å². The summed E-state index contributed by atoms with van der Waals surface area (Å²) in [6.45, 7) is 2.80. The second-order valence-corrected chi connectivity index (χ2v) is 5.86. The Labute approximate surface area is 148 Å². The van der Waals surface area contributed by atoms with E-state index in [9.17, 15) is 14.4 Å². The van der Waals surface area contributed by atoms with Crippen LogP contribution in [0.25, 0.3) is 0 Å². The molecule has 0 unspecified atom stereocenters. The lowest BCUT2D eigenvalue weighted by Crippen LogP contribution is -2.30. The molecular weight excluding hydrogens is 355 g/mol. The number of ether oxygens (including phenoxy) is 1. The first-order valence-corrected chi connectivity index (χ1v) is 7.69. The van der Waals surface area contributed by atoms with Gasteiger partial charge in [0.2, 0.25) is 0 Å². The predicted molar refractivity (Wildman–Crippen MR) is 90.8 cm³/mol. The third kappa shape index (κ3) is 4.37. The highest BCUT2D eigenvalue weighted by Gasteiger charge is 2.21. The molecule has 1 heterocycles. The van der Waals surface area contributed by atoms with Crippen LogP contribution in [0.2, 0.25) is 10.0 Å². The summed E-state index contributed by atoms with van der Waals surface area (Å²) in [5.74, 6) is -1.48. The first-order valence-electron chi connectivity index (χ1n) is 6.94. The van der Waals surface area contributed by atoms with Crippen LogP contribution in [0.4, 0.5) is 5.69 Å². The molecule has 0 saturated carbocycles. The molecule has 8 heteroatoms. The Morgan fingerprint density at radius 1 is 1.21 bits per heavy atom. The smallest absolute Gasteiger partial charge is 0.355 e. The van der Waals surface area contributed by atoms with E-state index in [1.165, 1.54) is 32.2 Å². The number of ketones is 1. The molecule has 0 aliphatic carbocycles. The summed E-state index contributed by atoms with van der Waals surface area (Å²) in [6.07, 6.45) is 0.338. The van der Waals surface area contributed by atoms with Gasteiger partial charge in [-0.05, 0) is 38.1 Å². The predicted octanol–water partition coefficient (Wildman–Crippen LogP) is 3.71. The standard InChI is InChI=1S/C16H14Cl2N2O4/c1-8(21)10-5-14(19-7-10)16(23)24-9(2)15(22)20-13-4-3-11(17)6-12(13)18/h3-7,9,19H,1-2H3,(H,20,22)/t9-/m1/s1. The summed E-state index contributed by atoms with van der Waals surface area (Å²) < 4.78 is 5.06. The second kappa shape index (κ2) is 7.51. The van der Waals surface area contributed by atoms with Gasteiger partial charge in [0.05, 0.1) is 10.7 Å². The van der Waals surface area contributed by atoms with Crippen LogP contribution in [-0.2, 0) is 9.53 Å². The molecule has 0 aliphatic rings. The molecule has 0 bridgehead atoms. The van der Waals surface area contributed by atoms with Gasteiger partial charge in [-0.25, -0.2) is 4.79 Å². The van der Waals surface area contributed by atoms with Crippen LogP contribution in [0.3, 0.4) is 0 Å². The van der Waals surface area contributed by atoms with Gasteiger partial charge >= 0.3 is 5.97 Å². The van der Waals surface area contributed by atoms with E-state index in [1.54, 1.807) is 12.1 Å². The number of hydrogen-bond donors (Lipinski definition) is 2. The molecule has 1 atom stereocenters. The third-order valence-electron chi connectivity index (χ3n) is 3.15. The van der Waals surface area contributed by atoms with E-state index in [2.05, 4.69) is 10.3 Å². The lowest BCUT2D eigenvalue weighted by atomic mass is 10.2. The largest absolute Gasteiger partial charge is 0.448 e. The highest BCUT2D eigenvalue weighted by Crippen LogP contribution is 2.25. The summed E-state index contributed by atoms with van der Waals surface area (Å²) in [5.41, 5.74) is 0.795. The zero-order valence-corrected chi connectivity index (χ0v) is 14.4. The Kier molecular flexibility index (Phi) is 5.64. The summed E-state index contributed by atoms with van der Waals surface area (Å²) in [6, 6.07) is 5.96. The van der Waals surface area contributed by atoms with E-state index in [-0.39, 0.29) is 16.5 Å². The molecule has 0 saturated heterocycles. The number of carbonyl (C=O) groups is 3. The fraction of sp³-hybridized carbons (Fsp3) is 0.188. The molecule has 0 aliphatic heterocycles. The molecule has 6 nitrogen and oxygen atoms in total. The van der Waals surface area contributed by atoms with Crippen molar-refractivity contribution >= 4 is 46.5 Å². The zero-order chi connectivity index (χ0) is 17.9. The van der Waals surface area contributed by atoms with Crippen LogP contribution in [0.15, 0.2) is 30.5 Å². The number of Topliss-reactive ketones (excluding diaryl/α,β-unsaturated/α-hetero) is 1. The highest BCUT2D eigenvalue weighted by atomic mass is 35.5. The Bertz CT molecular complexity index is 801. The monoisotopic (exact) mass is 368 g/mol. The summed E-state index contributed by atoms with van der Waals surface area (Å²) in [7, 11) is 0. The van der Waals surface area contributed by atoms with Gasteiger partial charge in [-0.1, -0.05) is 23.2 Å². The molecule has 24 heavy (non-hydrogen) atoms. The number of nitrogens with one attached hydrogen (secondary N) is 2. The molecule has 0 radical (unpaired) electrons. The van der Waals surface area contributed by atoms with Gasteiger partial charge in [0.25, 0.3) is 5.91 Å². The number of rotatable bonds is 5. The highest BCUT2D eigenvalue weighted by molar-refractivity contribution is 6.36. The Hall–Kier alpha value is -2.31. The number of aromatic nitrogens is 1. The van der Waals surface area contributed by atoms with Crippen LogP contribution in [0, 0.1) is 0 Å². The van der Waals surface area contributed by atoms with Gasteiger partial charge in [-0.3, -0.25) is 9.59 Å². The van der Waals surface area contributed by atoms with E-state index in [4.69, 9.17) is 27.9 Å². The number of halogens is 2. The number of anilines is 1. The second-order valence-electron chi connectivity index (χ2n) is 5.02. The maximum atomic E-state index is 12.1. The van der Waals surface area contributed by atoms with Crippen LogP contribution >= 0.6 is 23.2 Å². The molecule has 0 fully saturated rings. The first-order chi connectivity index (χ1) is 11.3. The van der Waals surface area contributed by atoms with Crippen LogP contribution in [-0.4, -0.2) is 28.7 Å². The first kappa shape index (κ1) is 18.0. The number of H-pyrrole nitrogens is 1. The number of aromatic amines is 1. The fourth-order valence-corrected chi connectivity index (χ4v) is 2.27.